The topological polar surface area (TPSA) is 37.8 Å². The molecule has 1 aromatic carbocycles. The summed E-state index contributed by atoms with van der Waals surface area (Å²) in [4.78, 5) is 9.21. The second kappa shape index (κ2) is 8.86. The molecule has 2 fully saturated rings. The zero-order valence-corrected chi connectivity index (χ0v) is 19.5. The molecule has 5 heteroatoms. The third kappa shape index (κ3) is 4.26. The fraction of sp³-hybridized carbons (Fsp3) is 0.464. The van der Waals surface area contributed by atoms with E-state index in [0.717, 1.165) is 36.6 Å². The Labute approximate surface area is 196 Å². The van der Waals surface area contributed by atoms with Gasteiger partial charge in [0.25, 0.3) is 0 Å². The molecule has 2 atom stereocenters. The Kier molecular flexibility index (Phi) is 5.58. The zero-order valence-electron chi connectivity index (χ0n) is 19.5. The fourth-order valence-electron chi connectivity index (χ4n) is 5.47. The van der Waals surface area contributed by atoms with Crippen molar-refractivity contribution in [2.45, 2.75) is 44.2 Å². The summed E-state index contributed by atoms with van der Waals surface area (Å²) in [5.41, 5.74) is 5.02. The van der Waals surface area contributed by atoms with Crippen molar-refractivity contribution in [3.05, 3.63) is 66.1 Å². The van der Waals surface area contributed by atoms with E-state index < -0.39 is 0 Å². The highest BCUT2D eigenvalue weighted by molar-refractivity contribution is 5.76. The van der Waals surface area contributed by atoms with Crippen LogP contribution in [-0.2, 0) is 6.42 Å². The van der Waals surface area contributed by atoms with Gasteiger partial charge in [0.15, 0.2) is 0 Å². The highest BCUT2D eigenvalue weighted by atomic mass is 16.5. The highest BCUT2D eigenvalue weighted by Crippen LogP contribution is 2.42. The van der Waals surface area contributed by atoms with Crippen LogP contribution < -0.4 is 9.47 Å². The van der Waals surface area contributed by atoms with Crippen molar-refractivity contribution in [2.24, 2.45) is 5.92 Å². The number of likely N-dealkylation sites (N-methyl/N-ethyl adjacent to an activating group) is 1. The van der Waals surface area contributed by atoms with Crippen molar-refractivity contribution in [2.75, 3.05) is 33.4 Å². The van der Waals surface area contributed by atoms with Crippen LogP contribution in [0.2, 0.25) is 0 Å². The molecule has 2 aromatic rings. The summed E-state index contributed by atoms with van der Waals surface area (Å²) in [5, 5.41) is 0. The number of ether oxygens (including phenoxy) is 2. The zero-order chi connectivity index (χ0) is 22.2. The Morgan fingerprint density at radius 3 is 2.79 bits per heavy atom. The number of pyridine rings is 1. The number of nitrogens with zero attached hydrogens (tertiary/aromatic N) is 3. The second-order valence-corrected chi connectivity index (χ2v) is 9.94. The summed E-state index contributed by atoms with van der Waals surface area (Å²) in [5.74, 6) is 2.68. The van der Waals surface area contributed by atoms with Crippen LogP contribution in [0.1, 0.15) is 31.2 Å². The summed E-state index contributed by atoms with van der Waals surface area (Å²) >= 11 is 0. The standard InChI is InChI=1S/C28H33N3O2/c1-30-14-3-5-25(30)22-4-2-15-31(17-22)23-16-24-26(33-19-23)8-9-27(32-18-20-6-7-20)28(24)21-10-12-29-13-11-21/h2,4,8-13,17,20,23,25H,3,5-7,14-16,18-19H2,1H3/t23-,25?/m0/s1. The van der Waals surface area contributed by atoms with Gasteiger partial charge in [-0.1, -0.05) is 12.2 Å². The lowest BCUT2D eigenvalue weighted by molar-refractivity contribution is 0.166. The first-order valence-electron chi connectivity index (χ1n) is 12.4. The Morgan fingerprint density at radius 1 is 1.12 bits per heavy atom. The SMILES string of the molecule is CN1CCCC1C1=CN([C@@H]2COc3ccc(OCC4CC4)c(-c4ccncc4)c3C2)CC=C1. The van der Waals surface area contributed by atoms with Gasteiger partial charge in [-0.15, -0.1) is 0 Å². The summed E-state index contributed by atoms with van der Waals surface area (Å²) in [6.45, 7) is 3.64. The predicted octanol–water partition coefficient (Wildman–Crippen LogP) is 4.69. The van der Waals surface area contributed by atoms with Gasteiger partial charge >= 0.3 is 0 Å². The normalized spacial score (nSPS) is 24.9. The van der Waals surface area contributed by atoms with E-state index >= 15 is 0 Å². The highest BCUT2D eigenvalue weighted by Gasteiger charge is 2.31. The predicted molar refractivity (Wildman–Crippen MR) is 130 cm³/mol. The van der Waals surface area contributed by atoms with E-state index in [1.165, 1.54) is 48.9 Å². The van der Waals surface area contributed by atoms with Crippen LogP contribution >= 0.6 is 0 Å². The number of fused-ring (bicyclic) bond motifs is 1. The van der Waals surface area contributed by atoms with Crippen molar-refractivity contribution in [1.29, 1.82) is 0 Å². The molecule has 33 heavy (non-hydrogen) atoms. The monoisotopic (exact) mass is 443 g/mol. The molecule has 1 unspecified atom stereocenters. The average molecular weight is 444 g/mol. The Hall–Kier alpha value is -2.79. The minimum absolute atomic E-state index is 0.309. The van der Waals surface area contributed by atoms with Crippen LogP contribution in [0.3, 0.4) is 0 Å². The van der Waals surface area contributed by atoms with Crippen molar-refractivity contribution < 1.29 is 9.47 Å². The smallest absolute Gasteiger partial charge is 0.127 e. The van der Waals surface area contributed by atoms with Gasteiger partial charge in [-0.3, -0.25) is 9.88 Å². The number of likely N-dealkylation sites (tertiary alicyclic amines) is 1. The number of hydrogen-bond donors (Lipinski definition) is 0. The van der Waals surface area contributed by atoms with Gasteiger partial charge in [0.05, 0.1) is 12.6 Å². The third-order valence-corrected chi connectivity index (χ3v) is 7.56. The molecule has 0 radical (unpaired) electrons. The van der Waals surface area contributed by atoms with Gasteiger partial charge in [-0.2, -0.15) is 0 Å². The molecule has 4 heterocycles. The van der Waals surface area contributed by atoms with Crippen LogP contribution in [0.15, 0.2) is 60.6 Å². The van der Waals surface area contributed by atoms with E-state index in [0.29, 0.717) is 24.6 Å². The van der Waals surface area contributed by atoms with Crippen LogP contribution in [0.25, 0.3) is 11.1 Å². The van der Waals surface area contributed by atoms with E-state index in [1.807, 2.05) is 12.4 Å². The molecular formula is C28H33N3O2. The lowest BCUT2D eigenvalue weighted by Crippen LogP contribution is -2.42. The van der Waals surface area contributed by atoms with E-state index in [2.05, 4.69) is 64.4 Å². The largest absolute Gasteiger partial charge is 0.493 e. The first-order valence-corrected chi connectivity index (χ1v) is 12.4. The Bertz CT molecular complexity index is 1060. The first-order chi connectivity index (χ1) is 16.3. The number of hydrogen-bond acceptors (Lipinski definition) is 5. The molecule has 172 valence electrons. The summed E-state index contributed by atoms with van der Waals surface area (Å²) in [7, 11) is 2.25. The average Bonchev–Trinajstić information content (AvgIpc) is 3.60. The molecule has 0 spiro atoms. The maximum Gasteiger partial charge on any atom is 0.127 e. The molecular weight excluding hydrogens is 410 g/mol. The molecule has 1 saturated carbocycles. The molecule has 0 amide bonds. The lowest BCUT2D eigenvalue weighted by Gasteiger charge is -2.37. The van der Waals surface area contributed by atoms with Crippen molar-refractivity contribution >= 4 is 0 Å². The van der Waals surface area contributed by atoms with Gasteiger partial charge in [-0.05, 0) is 80.6 Å². The molecule has 3 aliphatic heterocycles. The molecule has 6 rings (SSSR count). The van der Waals surface area contributed by atoms with Crippen LogP contribution in [0.4, 0.5) is 0 Å². The van der Waals surface area contributed by atoms with Gasteiger partial charge in [0, 0.05) is 48.7 Å². The second-order valence-electron chi connectivity index (χ2n) is 9.94. The van der Waals surface area contributed by atoms with E-state index in [9.17, 15) is 0 Å². The molecule has 0 N–H and O–H groups in total. The van der Waals surface area contributed by atoms with Gasteiger partial charge in [0.2, 0.25) is 0 Å². The number of aromatic nitrogens is 1. The van der Waals surface area contributed by atoms with Crippen molar-refractivity contribution in [3.8, 4) is 22.6 Å². The van der Waals surface area contributed by atoms with Gasteiger partial charge < -0.3 is 14.4 Å². The third-order valence-electron chi connectivity index (χ3n) is 7.56. The molecule has 0 bridgehead atoms. The summed E-state index contributed by atoms with van der Waals surface area (Å²) in [6.07, 6.45) is 16.8. The van der Waals surface area contributed by atoms with Crippen molar-refractivity contribution in [3.63, 3.8) is 0 Å². The van der Waals surface area contributed by atoms with Gasteiger partial charge in [0.1, 0.15) is 18.1 Å². The lowest BCUT2D eigenvalue weighted by atomic mass is 9.91. The maximum atomic E-state index is 6.35. The molecule has 4 aliphatic rings. The number of benzene rings is 1. The first kappa shape index (κ1) is 20.8. The summed E-state index contributed by atoms with van der Waals surface area (Å²) < 4.78 is 12.7. The van der Waals surface area contributed by atoms with E-state index in [-0.39, 0.29) is 0 Å². The Morgan fingerprint density at radius 2 is 2.00 bits per heavy atom. The molecule has 1 aliphatic carbocycles. The molecule has 1 saturated heterocycles. The Balaban J connectivity index is 1.31. The minimum Gasteiger partial charge on any atom is -0.493 e. The van der Waals surface area contributed by atoms with E-state index in [4.69, 9.17) is 9.47 Å². The molecule has 1 aromatic heterocycles. The van der Waals surface area contributed by atoms with Crippen LogP contribution in [-0.4, -0.2) is 60.2 Å². The van der Waals surface area contributed by atoms with Crippen molar-refractivity contribution in [1.82, 2.24) is 14.8 Å². The number of rotatable bonds is 6. The quantitative estimate of drug-likeness (QED) is 0.648. The van der Waals surface area contributed by atoms with Crippen LogP contribution in [0, 0.1) is 5.92 Å². The van der Waals surface area contributed by atoms with Gasteiger partial charge in [-0.25, -0.2) is 0 Å². The van der Waals surface area contributed by atoms with E-state index in [1.54, 1.807) is 0 Å². The molecule has 5 nitrogen and oxygen atoms in total. The maximum absolute atomic E-state index is 6.35. The van der Waals surface area contributed by atoms with Crippen LogP contribution in [0.5, 0.6) is 11.5 Å². The summed E-state index contributed by atoms with van der Waals surface area (Å²) in [6, 6.07) is 9.21. The fourth-order valence-corrected chi connectivity index (χ4v) is 5.47. The minimum atomic E-state index is 0.309.